The zero-order valence-electron chi connectivity index (χ0n) is 12.6. The van der Waals surface area contributed by atoms with E-state index in [2.05, 4.69) is 0 Å². The number of aliphatic hydroxyl groups is 2. The largest absolute Gasteiger partial charge is 0.396 e. The third-order valence-corrected chi connectivity index (χ3v) is 4.71. The molecule has 22 heavy (non-hydrogen) atoms. The van der Waals surface area contributed by atoms with Crippen LogP contribution in [0.1, 0.15) is 36.5 Å². The van der Waals surface area contributed by atoms with Crippen molar-refractivity contribution in [2.45, 2.75) is 32.3 Å². The van der Waals surface area contributed by atoms with E-state index in [1.54, 1.807) is 4.90 Å². The number of hydrogen-bond acceptors (Lipinski definition) is 3. The zero-order valence-corrected chi connectivity index (χ0v) is 13.3. The number of halogens is 2. The van der Waals surface area contributed by atoms with Crippen LogP contribution < -0.4 is 0 Å². The molecule has 1 heterocycles. The molecule has 1 aliphatic rings. The van der Waals surface area contributed by atoms with Crippen molar-refractivity contribution in [3.8, 4) is 0 Å². The number of aliphatic hydroxyl groups excluding tert-OH is 2. The number of benzene rings is 1. The molecule has 0 saturated carbocycles. The maximum Gasteiger partial charge on any atom is 0.255 e. The maximum absolute atomic E-state index is 13.1. The molecule has 0 aromatic heterocycles. The Morgan fingerprint density at radius 3 is 2.86 bits per heavy atom. The van der Waals surface area contributed by atoms with Gasteiger partial charge in [-0.1, -0.05) is 24.9 Å². The molecule has 2 rings (SSSR count). The summed E-state index contributed by atoms with van der Waals surface area (Å²) in [6, 6.07) is 3.67. The van der Waals surface area contributed by atoms with Gasteiger partial charge in [-0.15, -0.1) is 0 Å². The number of rotatable bonds is 4. The van der Waals surface area contributed by atoms with Gasteiger partial charge < -0.3 is 15.1 Å². The standard InChI is InChI=1S/C16H21ClFNO3/c1-2-6-16(10-20)9-19(7-5-14(16)21)15(22)12-4-3-11(18)8-13(12)17/h3-4,8,14,20-21H,2,5-7,9-10H2,1H3/t14-,16+/m1/s1. The van der Waals surface area contributed by atoms with Gasteiger partial charge in [0.2, 0.25) is 0 Å². The van der Waals surface area contributed by atoms with Crippen LogP contribution in [-0.4, -0.2) is 46.8 Å². The highest BCUT2D eigenvalue weighted by molar-refractivity contribution is 6.33. The van der Waals surface area contributed by atoms with Crippen molar-refractivity contribution < 1.29 is 19.4 Å². The average molecular weight is 330 g/mol. The van der Waals surface area contributed by atoms with E-state index in [1.807, 2.05) is 6.92 Å². The molecule has 1 fully saturated rings. The minimum absolute atomic E-state index is 0.0706. The lowest BCUT2D eigenvalue weighted by atomic mass is 9.74. The first-order valence-corrected chi connectivity index (χ1v) is 7.84. The fraction of sp³-hybridized carbons (Fsp3) is 0.562. The number of hydrogen-bond donors (Lipinski definition) is 2. The van der Waals surface area contributed by atoms with Gasteiger partial charge in [-0.25, -0.2) is 4.39 Å². The second-order valence-corrected chi connectivity index (χ2v) is 6.33. The van der Waals surface area contributed by atoms with Gasteiger partial charge in [-0.3, -0.25) is 4.79 Å². The number of piperidine rings is 1. The summed E-state index contributed by atoms with van der Waals surface area (Å²) in [4.78, 5) is 14.2. The molecule has 4 nitrogen and oxygen atoms in total. The SMILES string of the molecule is CCC[C@@]1(CO)CN(C(=O)c2ccc(F)cc2Cl)CC[C@H]1O. The molecule has 0 radical (unpaired) electrons. The van der Waals surface area contributed by atoms with E-state index in [1.165, 1.54) is 12.1 Å². The van der Waals surface area contributed by atoms with Gasteiger partial charge in [0, 0.05) is 18.5 Å². The molecule has 0 aliphatic carbocycles. The van der Waals surface area contributed by atoms with E-state index in [4.69, 9.17) is 11.6 Å². The predicted octanol–water partition coefficient (Wildman–Crippen LogP) is 2.46. The Balaban J connectivity index is 2.23. The Morgan fingerprint density at radius 1 is 1.55 bits per heavy atom. The molecule has 2 atom stereocenters. The Hall–Kier alpha value is -1.17. The topological polar surface area (TPSA) is 60.8 Å². The first-order valence-electron chi connectivity index (χ1n) is 7.47. The Bertz CT molecular complexity index is 554. The molecular formula is C16H21ClFNO3. The summed E-state index contributed by atoms with van der Waals surface area (Å²) in [5.74, 6) is -0.794. The quantitative estimate of drug-likeness (QED) is 0.892. The highest BCUT2D eigenvalue weighted by atomic mass is 35.5. The molecule has 2 N–H and O–H groups in total. The highest BCUT2D eigenvalue weighted by Gasteiger charge is 2.43. The molecule has 1 saturated heterocycles. The first-order chi connectivity index (χ1) is 10.4. The van der Waals surface area contributed by atoms with Crippen molar-refractivity contribution in [3.05, 3.63) is 34.6 Å². The number of nitrogens with zero attached hydrogens (tertiary/aromatic N) is 1. The second kappa shape index (κ2) is 6.94. The third-order valence-electron chi connectivity index (χ3n) is 4.40. The summed E-state index contributed by atoms with van der Waals surface area (Å²) in [5, 5.41) is 20.0. The maximum atomic E-state index is 13.1. The summed E-state index contributed by atoms with van der Waals surface area (Å²) in [7, 11) is 0. The summed E-state index contributed by atoms with van der Waals surface area (Å²) < 4.78 is 13.1. The van der Waals surface area contributed by atoms with Crippen LogP contribution in [-0.2, 0) is 0 Å². The Morgan fingerprint density at radius 2 is 2.27 bits per heavy atom. The van der Waals surface area contributed by atoms with Crippen LogP contribution in [0.3, 0.4) is 0 Å². The monoisotopic (exact) mass is 329 g/mol. The van der Waals surface area contributed by atoms with Crippen LogP contribution in [0.15, 0.2) is 18.2 Å². The molecule has 1 aromatic carbocycles. The Kier molecular flexibility index (Phi) is 5.42. The van der Waals surface area contributed by atoms with Crippen molar-refractivity contribution in [1.82, 2.24) is 4.90 Å². The van der Waals surface area contributed by atoms with Gasteiger partial charge in [0.1, 0.15) is 5.82 Å². The fourth-order valence-corrected chi connectivity index (χ4v) is 3.38. The summed E-state index contributed by atoms with van der Waals surface area (Å²) in [6.45, 7) is 2.45. The Labute approximate surface area is 134 Å². The van der Waals surface area contributed by atoms with Gasteiger partial charge in [0.05, 0.1) is 23.3 Å². The normalized spacial score (nSPS) is 25.3. The molecule has 1 aromatic rings. The summed E-state index contributed by atoms with van der Waals surface area (Å²) in [6.07, 6.45) is 1.21. The van der Waals surface area contributed by atoms with Crippen molar-refractivity contribution in [3.63, 3.8) is 0 Å². The van der Waals surface area contributed by atoms with Gasteiger partial charge >= 0.3 is 0 Å². The van der Waals surface area contributed by atoms with Crippen LogP contribution in [0.5, 0.6) is 0 Å². The van der Waals surface area contributed by atoms with Crippen molar-refractivity contribution >= 4 is 17.5 Å². The summed E-state index contributed by atoms with van der Waals surface area (Å²) >= 11 is 5.95. The number of amides is 1. The first kappa shape index (κ1) is 17.2. The molecule has 0 spiro atoms. The smallest absolute Gasteiger partial charge is 0.255 e. The molecule has 1 aliphatic heterocycles. The minimum Gasteiger partial charge on any atom is -0.396 e. The van der Waals surface area contributed by atoms with Gasteiger partial charge in [-0.2, -0.15) is 0 Å². The van der Waals surface area contributed by atoms with Gasteiger partial charge in [-0.05, 0) is 31.0 Å². The molecule has 6 heteroatoms. The molecule has 0 unspecified atom stereocenters. The molecule has 0 bridgehead atoms. The van der Waals surface area contributed by atoms with Crippen molar-refractivity contribution in [2.24, 2.45) is 5.41 Å². The van der Waals surface area contributed by atoms with E-state index in [9.17, 15) is 19.4 Å². The average Bonchev–Trinajstić information content (AvgIpc) is 2.49. The van der Waals surface area contributed by atoms with Gasteiger partial charge in [0.25, 0.3) is 5.91 Å². The van der Waals surface area contributed by atoms with Crippen molar-refractivity contribution in [1.29, 1.82) is 0 Å². The lowest BCUT2D eigenvalue weighted by Crippen LogP contribution is -2.55. The number of carbonyl (C=O) groups is 1. The van der Waals surface area contributed by atoms with E-state index < -0.39 is 17.3 Å². The fourth-order valence-electron chi connectivity index (χ4n) is 3.13. The number of carbonyl (C=O) groups excluding carboxylic acids is 1. The van der Waals surface area contributed by atoms with Crippen LogP contribution in [0, 0.1) is 11.2 Å². The second-order valence-electron chi connectivity index (χ2n) is 5.93. The van der Waals surface area contributed by atoms with Crippen molar-refractivity contribution in [2.75, 3.05) is 19.7 Å². The third kappa shape index (κ3) is 3.26. The van der Waals surface area contributed by atoms with Crippen LogP contribution >= 0.6 is 11.6 Å². The lowest BCUT2D eigenvalue weighted by molar-refractivity contribution is -0.0720. The zero-order chi connectivity index (χ0) is 16.3. The van der Waals surface area contributed by atoms with E-state index >= 15 is 0 Å². The van der Waals surface area contributed by atoms with E-state index in [0.29, 0.717) is 19.4 Å². The highest BCUT2D eigenvalue weighted by Crippen LogP contribution is 2.35. The van der Waals surface area contributed by atoms with Crippen LogP contribution in [0.4, 0.5) is 4.39 Å². The van der Waals surface area contributed by atoms with Gasteiger partial charge in [0.15, 0.2) is 0 Å². The number of likely N-dealkylation sites (tertiary alicyclic amines) is 1. The minimum atomic E-state index is -0.699. The van der Waals surface area contributed by atoms with Crippen LogP contribution in [0.2, 0.25) is 5.02 Å². The molecule has 122 valence electrons. The van der Waals surface area contributed by atoms with E-state index in [0.717, 1.165) is 12.5 Å². The predicted molar refractivity (Wildman–Crippen MR) is 82.4 cm³/mol. The molecular weight excluding hydrogens is 309 g/mol. The summed E-state index contributed by atoms with van der Waals surface area (Å²) in [5.41, 5.74) is -0.461. The molecule has 1 amide bonds. The van der Waals surface area contributed by atoms with E-state index in [-0.39, 0.29) is 29.6 Å². The lowest BCUT2D eigenvalue weighted by Gasteiger charge is -2.45. The van der Waals surface area contributed by atoms with Crippen LogP contribution in [0.25, 0.3) is 0 Å².